The van der Waals surface area contributed by atoms with Crippen LogP contribution in [0.15, 0.2) is 72.3 Å². The second-order valence-electron chi connectivity index (χ2n) is 6.93. The zero-order chi connectivity index (χ0) is 16.2. The summed E-state index contributed by atoms with van der Waals surface area (Å²) in [6.45, 7) is 2.73. The van der Waals surface area contributed by atoms with E-state index in [1.165, 1.54) is 17.5 Å². The topological polar surface area (TPSA) is 12.5 Å². The van der Waals surface area contributed by atoms with E-state index >= 15 is 0 Å². The van der Waals surface area contributed by atoms with Gasteiger partial charge < -0.3 is 4.74 Å². The van der Waals surface area contributed by atoms with Crippen molar-refractivity contribution < 1.29 is 4.74 Å². The Kier molecular flexibility index (Phi) is 4.77. The number of aryl methyl sites for hydroxylation is 1. The van der Waals surface area contributed by atoms with Gasteiger partial charge in [0, 0.05) is 12.6 Å². The van der Waals surface area contributed by atoms with Gasteiger partial charge >= 0.3 is 0 Å². The normalized spacial score (nSPS) is 23.8. The fourth-order valence-corrected chi connectivity index (χ4v) is 3.93. The summed E-state index contributed by atoms with van der Waals surface area (Å²) in [5, 5.41) is 0. The van der Waals surface area contributed by atoms with E-state index in [0.29, 0.717) is 12.1 Å². The van der Waals surface area contributed by atoms with Crippen molar-refractivity contribution >= 4 is 0 Å². The van der Waals surface area contributed by atoms with E-state index in [9.17, 15) is 0 Å². The molecule has 4 rings (SSSR count). The molecule has 24 heavy (non-hydrogen) atoms. The Labute approximate surface area is 144 Å². The predicted octanol–water partition coefficient (Wildman–Crippen LogP) is 4.22. The Morgan fingerprint density at radius 3 is 2.25 bits per heavy atom. The first-order valence-corrected chi connectivity index (χ1v) is 8.99. The number of hydrogen-bond acceptors (Lipinski definition) is 2. The second kappa shape index (κ2) is 7.33. The molecule has 2 aromatic rings. The van der Waals surface area contributed by atoms with Crippen LogP contribution in [-0.2, 0) is 17.7 Å². The lowest BCUT2D eigenvalue weighted by molar-refractivity contribution is -0.0442. The van der Waals surface area contributed by atoms with Gasteiger partial charge in [0.25, 0.3) is 0 Å². The van der Waals surface area contributed by atoms with Gasteiger partial charge in [0.05, 0.1) is 19.3 Å². The third-order valence-corrected chi connectivity index (χ3v) is 5.21. The van der Waals surface area contributed by atoms with Crippen LogP contribution >= 0.6 is 0 Å². The van der Waals surface area contributed by atoms with E-state index in [-0.39, 0.29) is 0 Å². The largest absolute Gasteiger partial charge is 0.378 e. The molecule has 2 heterocycles. The molecule has 0 saturated carbocycles. The Balaban J connectivity index is 1.44. The summed E-state index contributed by atoms with van der Waals surface area (Å²) in [5.74, 6) is 0. The lowest BCUT2D eigenvalue weighted by Gasteiger charge is -2.45. The molecule has 0 N–H and O–H groups in total. The van der Waals surface area contributed by atoms with Gasteiger partial charge in [0.15, 0.2) is 0 Å². The zero-order valence-electron chi connectivity index (χ0n) is 14.1. The van der Waals surface area contributed by atoms with Gasteiger partial charge in [-0.05, 0) is 30.4 Å². The molecular formula is C22H25NO. The molecule has 2 aliphatic rings. The van der Waals surface area contributed by atoms with Gasteiger partial charge in [-0.3, -0.25) is 4.90 Å². The van der Waals surface area contributed by atoms with E-state index < -0.39 is 0 Å². The molecule has 2 unspecified atom stereocenters. The molecule has 0 spiro atoms. The summed E-state index contributed by atoms with van der Waals surface area (Å²) < 4.78 is 5.83. The first kappa shape index (κ1) is 15.6. The Bertz CT molecular complexity index is 680. The standard InChI is InChI=1S/C22H25NO/c1-3-7-18(8-4-1)11-12-20-13-21-16-24-17-22(14-20)23(21)15-19-9-5-2-6-10-19/h1-10,13,21-22H,11-12,14-17H2. The van der Waals surface area contributed by atoms with E-state index in [1.807, 2.05) is 0 Å². The van der Waals surface area contributed by atoms with E-state index in [2.05, 4.69) is 71.6 Å². The quantitative estimate of drug-likeness (QED) is 0.765. The first-order chi connectivity index (χ1) is 11.9. The highest BCUT2D eigenvalue weighted by Crippen LogP contribution is 2.30. The zero-order valence-corrected chi connectivity index (χ0v) is 14.1. The second-order valence-corrected chi connectivity index (χ2v) is 6.93. The minimum Gasteiger partial charge on any atom is -0.378 e. The molecule has 1 saturated heterocycles. The van der Waals surface area contributed by atoms with Gasteiger partial charge in [0.1, 0.15) is 0 Å². The highest BCUT2D eigenvalue weighted by Gasteiger charge is 2.34. The van der Waals surface area contributed by atoms with Crippen LogP contribution in [0.3, 0.4) is 0 Å². The van der Waals surface area contributed by atoms with E-state index in [1.54, 1.807) is 5.57 Å². The van der Waals surface area contributed by atoms with Crippen LogP contribution in [0.1, 0.15) is 24.0 Å². The minimum absolute atomic E-state index is 0.434. The van der Waals surface area contributed by atoms with Crippen molar-refractivity contribution in [2.75, 3.05) is 13.2 Å². The summed E-state index contributed by atoms with van der Waals surface area (Å²) in [5.41, 5.74) is 4.45. The van der Waals surface area contributed by atoms with Gasteiger partial charge in [-0.2, -0.15) is 0 Å². The van der Waals surface area contributed by atoms with Gasteiger partial charge in [-0.15, -0.1) is 0 Å². The fourth-order valence-electron chi connectivity index (χ4n) is 3.93. The predicted molar refractivity (Wildman–Crippen MR) is 97.8 cm³/mol. The van der Waals surface area contributed by atoms with Crippen LogP contribution < -0.4 is 0 Å². The number of rotatable bonds is 5. The maximum Gasteiger partial charge on any atom is 0.0658 e. The monoisotopic (exact) mass is 319 g/mol. The maximum atomic E-state index is 5.83. The molecule has 124 valence electrons. The van der Waals surface area contributed by atoms with Crippen molar-refractivity contribution in [2.45, 2.75) is 37.9 Å². The summed E-state index contributed by atoms with van der Waals surface area (Å²) in [7, 11) is 0. The minimum atomic E-state index is 0.434. The molecule has 2 bridgehead atoms. The Hall–Kier alpha value is -1.90. The molecule has 0 aromatic heterocycles. The highest BCUT2D eigenvalue weighted by atomic mass is 16.5. The van der Waals surface area contributed by atoms with Crippen molar-refractivity contribution in [3.63, 3.8) is 0 Å². The van der Waals surface area contributed by atoms with Crippen LogP contribution in [0.2, 0.25) is 0 Å². The lowest BCUT2D eigenvalue weighted by atomic mass is 9.90. The van der Waals surface area contributed by atoms with Crippen molar-refractivity contribution in [3.8, 4) is 0 Å². The third-order valence-electron chi connectivity index (χ3n) is 5.21. The van der Waals surface area contributed by atoms with Crippen LogP contribution in [0.25, 0.3) is 0 Å². The molecular weight excluding hydrogens is 294 g/mol. The number of ether oxygens (including phenoxy) is 1. The molecule has 0 aliphatic carbocycles. The average Bonchev–Trinajstić information content (AvgIpc) is 2.62. The van der Waals surface area contributed by atoms with Gasteiger partial charge in [0.2, 0.25) is 0 Å². The first-order valence-electron chi connectivity index (χ1n) is 8.99. The van der Waals surface area contributed by atoms with Crippen LogP contribution in [0, 0.1) is 0 Å². The molecule has 2 aromatic carbocycles. The SMILES string of the molecule is C1=C(CCc2ccccc2)CC2COCC1N2Cc1ccccc1. The molecule has 1 fully saturated rings. The Morgan fingerprint density at radius 1 is 0.833 bits per heavy atom. The molecule has 0 amide bonds. The maximum absolute atomic E-state index is 5.83. The van der Waals surface area contributed by atoms with Crippen molar-refractivity contribution in [3.05, 3.63) is 83.4 Å². The van der Waals surface area contributed by atoms with Crippen LogP contribution in [0.4, 0.5) is 0 Å². The number of morpholine rings is 1. The fraction of sp³-hybridized carbons (Fsp3) is 0.364. The molecule has 0 radical (unpaired) electrons. The van der Waals surface area contributed by atoms with Gasteiger partial charge in [-0.1, -0.05) is 72.3 Å². The van der Waals surface area contributed by atoms with Crippen LogP contribution in [0.5, 0.6) is 0 Å². The molecule has 2 nitrogen and oxygen atoms in total. The Morgan fingerprint density at radius 2 is 1.54 bits per heavy atom. The van der Waals surface area contributed by atoms with E-state index in [0.717, 1.165) is 32.6 Å². The van der Waals surface area contributed by atoms with Crippen molar-refractivity contribution in [1.82, 2.24) is 4.90 Å². The smallest absolute Gasteiger partial charge is 0.0658 e. The van der Waals surface area contributed by atoms with Crippen molar-refractivity contribution in [2.24, 2.45) is 0 Å². The number of nitrogens with zero attached hydrogens (tertiary/aromatic N) is 1. The van der Waals surface area contributed by atoms with Gasteiger partial charge in [-0.25, -0.2) is 0 Å². The van der Waals surface area contributed by atoms with Crippen molar-refractivity contribution in [1.29, 1.82) is 0 Å². The molecule has 2 aliphatic heterocycles. The summed E-state index contributed by atoms with van der Waals surface area (Å²) in [6, 6.07) is 22.6. The summed E-state index contributed by atoms with van der Waals surface area (Å²) >= 11 is 0. The van der Waals surface area contributed by atoms with E-state index in [4.69, 9.17) is 4.74 Å². The van der Waals surface area contributed by atoms with Crippen LogP contribution in [-0.4, -0.2) is 30.2 Å². The lowest BCUT2D eigenvalue weighted by Crippen LogP contribution is -2.53. The number of benzene rings is 2. The number of hydrogen-bond donors (Lipinski definition) is 0. The number of fused-ring (bicyclic) bond motifs is 2. The summed E-state index contributed by atoms with van der Waals surface area (Å²) in [6.07, 6.45) is 5.94. The summed E-state index contributed by atoms with van der Waals surface area (Å²) in [4.78, 5) is 2.63. The highest BCUT2D eigenvalue weighted by molar-refractivity contribution is 5.22. The average molecular weight is 319 g/mol. The third kappa shape index (κ3) is 3.61. The molecule has 2 heteroatoms. The molecule has 2 atom stereocenters.